The molecule has 3 heteroatoms. The van der Waals surface area contributed by atoms with Crippen LogP contribution in [0.3, 0.4) is 0 Å². The second-order valence-electron chi connectivity index (χ2n) is 3.81. The summed E-state index contributed by atoms with van der Waals surface area (Å²) < 4.78 is 36.2. The predicted octanol–water partition coefficient (Wildman–Crippen LogP) is 2.55. The first-order valence-corrected chi connectivity index (χ1v) is 3.29. The quantitative estimate of drug-likeness (QED) is 0.496. The lowest BCUT2D eigenvalue weighted by Crippen LogP contribution is -2.66. The maximum Gasteiger partial charge on any atom is 0.394 e. The molecule has 57 valence electrons. The van der Waals surface area contributed by atoms with E-state index < -0.39 is 11.6 Å². The molecule has 0 amide bonds. The van der Waals surface area contributed by atoms with Gasteiger partial charge >= 0.3 is 6.18 Å². The van der Waals surface area contributed by atoms with Crippen LogP contribution in [0.1, 0.15) is 19.3 Å². The summed E-state index contributed by atoms with van der Waals surface area (Å²) in [6, 6.07) is 0. The van der Waals surface area contributed by atoms with Crippen molar-refractivity contribution in [2.24, 2.45) is 10.8 Å². The molecule has 0 aromatic rings. The molecular weight excluding hydrogens is 141 g/mol. The van der Waals surface area contributed by atoms with Crippen LogP contribution in [-0.2, 0) is 0 Å². The van der Waals surface area contributed by atoms with Gasteiger partial charge in [0.2, 0.25) is 0 Å². The van der Waals surface area contributed by atoms with Gasteiger partial charge in [-0.1, -0.05) is 0 Å². The van der Waals surface area contributed by atoms with Gasteiger partial charge in [0.15, 0.2) is 0 Å². The summed E-state index contributed by atoms with van der Waals surface area (Å²) in [5.41, 5.74) is -1.48. The van der Waals surface area contributed by atoms with E-state index in [1.54, 1.807) is 0 Å². The van der Waals surface area contributed by atoms with Gasteiger partial charge in [-0.3, -0.25) is 0 Å². The van der Waals surface area contributed by atoms with Crippen LogP contribution >= 0.6 is 0 Å². The van der Waals surface area contributed by atoms with E-state index in [-0.39, 0.29) is 24.7 Å². The second kappa shape index (κ2) is 1.23. The number of rotatable bonds is 0. The minimum Gasteiger partial charge on any atom is -0.171 e. The Morgan fingerprint density at radius 3 is 1.60 bits per heavy atom. The minimum absolute atomic E-state index is 0.185. The van der Waals surface area contributed by atoms with E-state index in [0.29, 0.717) is 0 Å². The average Bonchev–Trinajstić information content (AvgIpc) is 1.51. The normalized spacial score (nSPS) is 51.6. The molecule has 0 spiro atoms. The summed E-state index contributed by atoms with van der Waals surface area (Å²) in [6.45, 7) is 3.70. The SMILES string of the molecule is [CH2]C12CC(C(F)(F)F)(C1)C2. The lowest BCUT2D eigenvalue weighted by molar-refractivity contribution is -0.350. The van der Waals surface area contributed by atoms with Crippen molar-refractivity contribution in [3.63, 3.8) is 0 Å². The smallest absolute Gasteiger partial charge is 0.171 e. The molecule has 0 N–H and O–H groups in total. The van der Waals surface area contributed by atoms with E-state index in [1.165, 1.54) is 0 Å². The molecule has 0 heterocycles. The van der Waals surface area contributed by atoms with Crippen molar-refractivity contribution < 1.29 is 13.2 Å². The van der Waals surface area contributed by atoms with Crippen molar-refractivity contribution in [3.05, 3.63) is 6.92 Å². The third-order valence-corrected chi connectivity index (χ3v) is 2.74. The summed E-state index contributed by atoms with van der Waals surface area (Å²) in [6.07, 6.45) is -3.16. The highest BCUT2D eigenvalue weighted by Gasteiger charge is 2.76. The summed E-state index contributed by atoms with van der Waals surface area (Å²) >= 11 is 0. The molecule has 0 unspecified atom stereocenters. The van der Waals surface area contributed by atoms with Crippen LogP contribution < -0.4 is 0 Å². The molecule has 3 saturated carbocycles. The van der Waals surface area contributed by atoms with Crippen LogP contribution in [0.25, 0.3) is 0 Å². The van der Waals surface area contributed by atoms with Crippen molar-refractivity contribution in [2.75, 3.05) is 0 Å². The van der Waals surface area contributed by atoms with E-state index in [9.17, 15) is 13.2 Å². The Labute approximate surface area is 57.4 Å². The molecule has 0 aromatic carbocycles. The monoisotopic (exact) mass is 149 g/mol. The van der Waals surface area contributed by atoms with Crippen LogP contribution in [-0.4, -0.2) is 6.18 Å². The van der Waals surface area contributed by atoms with Gasteiger partial charge < -0.3 is 0 Å². The zero-order valence-corrected chi connectivity index (χ0v) is 5.46. The minimum atomic E-state index is -3.97. The number of halogens is 3. The molecule has 3 fully saturated rings. The highest BCUT2D eigenvalue weighted by Crippen LogP contribution is 2.77. The third kappa shape index (κ3) is 0.500. The molecule has 0 atom stereocenters. The number of alkyl halides is 3. The Morgan fingerprint density at radius 2 is 1.50 bits per heavy atom. The molecule has 3 aliphatic rings. The van der Waals surface area contributed by atoms with Crippen LogP contribution in [0, 0.1) is 17.8 Å². The maximum absolute atomic E-state index is 12.1. The Kier molecular flexibility index (Phi) is 0.802. The Morgan fingerprint density at radius 1 is 1.10 bits per heavy atom. The molecule has 2 bridgehead atoms. The third-order valence-electron chi connectivity index (χ3n) is 2.74. The van der Waals surface area contributed by atoms with Crippen LogP contribution in [0.2, 0.25) is 0 Å². The van der Waals surface area contributed by atoms with Crippen LogP contribution in [0.5, 0.6) is 0 Å². The molecule has 1 radical (unpaired) electrons. The van der Waals surface area contributed by atoms with Crippen molar-refractivity contribution in [2.45, 2.75) is 25.4 Å². The molecule has 10 heavy (non-hydrogen) atoms. The first-order valence-electron chi connectivity index (χ1n) is 3.29. The largest absolute Gasteiger partial charge is 0.394 e. The Hall–Kier alpha value is -0.210. The molecule has 0 saturated heterocycles. The predicted molar refractivity (Wildman–Crippen MR) is 30.1 cm³/mol. The first-order chi connectivity index (χ1) is 4.37. The summed E-state index contributed by atoms with van der Waals surface area (Å²) in [5.74, 6) is 0. The molecular formula is C7H8F3. The number of hydrogen-bond acceptors (Lipinski definition) is 0. The maximum atomic E-state index is 12.1. The van der Waals surface area contributed by atoms with Crippen molar-refractivity contribution in [3.8, 4) is 0 Å². The summed E-state index contributed by atoms with van der Waals surface area (Å²) in [7, 11) is 0. The molecule has 0 nitrogen and oxygen atoms in total. The highest BCUT2D eigenvalue weighted by atomic mass is 19.4. The molecule has 3 aliphatic carbocycles. The Balaban J connectivity index is 2.11. The van der Waals surface area contributed by atoms with Gasteiger partial charge in [0, 0.05) is 0 Å². The van der Waals surface area contributed by atoms with Crippen molar-refractivity contribution in [1.82, 2.24) is 0 Å². The Bertz CT molecular complexity index is 160. The number of hydrogen-bond donors (Lipinski definition) is 0. The molecule has 0 aliphatic heterocycles. The van der Waals surface area contributed by atoms with Gasteiger partial charge in [-0.2, -0.15) is 13.2 Å². The van der Waals surface area contributed by atoms with Gasteiger partial charge in [-0.15, -0.1) is 0 Å². The van der Waals surface area contributed by atoms with Gasteiger partial charge in [-0.25, -0.2) is 0 Å². The molecule has 3 rings (SSSR count). The van der Waals surface area contributed by atoms with Crippen molar-refractivity contribution >= 4 is 0 Å². The van der Waals surface area contributed by atoms with Gasteiger partial charge in [0.05, 0.1) is 5.41 Å². The zero-order valence-electron chi connectivity index (χ0n) is 5.46. The fraction of sp³-hybridized carbons (Fsp3) is 0.857. The standard InChI is InChI=1S/C7H8F3/c1-5-2-6(3-5,4-5)7(8,9)10/h1-4H2. The van der Waals surface area contributed by atoms with Gasteiger partial charge in [-0.05, 0) is 31.6 Å². The van der Waals surface area contributed by atoms with E-state index in [1.807, 2.05) is 0 Å². The fourth-order valence-electron chi connectivity index (χ4n) is 2.30. The van der Waals surface area contributed by atoms with Crippen molar-refractivity contribution in [1.29, 1.82) is 0 Å². The summed E-state index contributed by atoms with van der Waals surface area (Å²) in [5, 5.41) is 0. The van der Waals surface area contributed by atoms with E-state index in [0.717, 1.165) is 0 Å². The first kappa shape index (κ1) is 6.50. The zero-order chi connectivity index (χ0) is 7.62. The fourth-order valence-corrected chi connectivity index (χ4v) is 2.30. The van der Waals surface area contributed by atoms with Crippen LogP contribution in [0.4, 0.5) is 13.2 Å². The summed E-state index contributed by atoms with van der Waals surface area (Å²) in [4.78, 5) is 0. The topological polar surface area (TPSA) is 0 Å². The van der Waals surface area contributed by atoms with E-state index >= 15 is 0 Å². The second-order valence-corrected chi connectivity index (χ2v) is 3.81. The lowest BCUT2D eigenvalue weighted by atomic mass is 9.35. The average molecular weight is 149 g/mol. The lowest BCUT2D eigenvalue weighted by Gasteiger charge is -2.69. The van der Waals surface area contributed by atoms with Gasteiger partial charge in [0.1, 0.15) is 0 Å². The van der Waals surface area contributed by atoms with Crippen LogP contribution in [0.15, 0.2) is 0 Å². The van der Waals surface area contributed by atoms with E-state index in [2.05, 4.69) is 6.92 Å². The van der Waals surface area contributed by atoms with E-state index in [4.69, 9.17) is 0 Å². The van der Waals surface area contributed by atoms with Gasteiger partial charge in [0.25, 0.3) is 0 Å². The molecule has 0 aromatic heterocycles. The highest BCUT2D eigenvalue weighted by molar-refractivity contribution is 5.20.